The van der Waals surface area contributed by atoms with Crippen LogP contribution in [-0.4, -0.2) is 44.1 Å². The van der Waals surface area contributed by atoms with E-state index in [0.717, 1.165) is 25.0 Å². The van der Waals surface area contributed by atoms with Crippen LogP contribution < -0.4 is 10.6 Å². The van der Waals surface area contributed by atoms with E-state index < -0.39 is 0 Å². The number of likely N-dealkylation sites (tertiary alicyclic amines) is 1. The van der Waals surface area contributed by atoms with Crippen LogP contribution in [0.1, 0.15) is 36.6 Å². The molecule has 2 heterocycles. The standard InChI is InChI=1S/C16H26N4S/c1-17-16(18-11-13-6-7-13)19-12-14(15-5-4-10-21-15)20-8-2-3-9-20/h4-5,10,13-14H,2-3,6-9,11-12H2,1H3,(H2,17,18,19). The largest absolute Gasteiger partial charge is 0.356 e. The van der Waals surface area contributed by atoms with E-state index in [1.807, 2.05) is 18.4 Å². The quantitative estimate of drug-likeness (QED) is 0.626. The van der Waals surface area contributed by atoms with E-state index in [1.165, 1.54) is 43.6 Å². The first-order valence-electron chi connectivity index (χ1n) is 8.09. The van der Waals surface area contributed by atoms with Crippen LogP contribution in [0.4, 0.5) is 0 Å². The first-order chi connectivity index (χ1) is 10.4. The topological polar surface area (TPSA) is 39.7 Å². The molecule has 116 valence electrons. The SMILES string of the molecule is CN=C(NCC1CC1)NCC(c1cccs1)N1CCCC1. The molecule has 1 aliphatic carbocycles. The third kappa shape index (κ3) is 4.20. The Labute approximate surface area is 131 Å². The Morgan fingerprint density at radius 2 is 2.19 bits per heavy atom. The van der Waals surface area contributed by atoms with Crippen molar-refractivity contribution in [2.24, 2.45) is 10.9 Å². The number of aliphatic imine (C=N–C) groups is 1. The molecule has 0 radical (unpaired) electrons. The molecule has 0 spiro atoms. The van der Waals surface area contributed by atoms with Crippen molar-refractivity contribution in [1.82, 2.24) is 15.5 Å². The van der Waals surface area contributed by atoms with Gasteiger partial charge in [-0.1, -0.05) is 6.07 Å². The van der Waals surface area contributed by atoms with Crippen molar-refractivity contribution in [1.29, 1.82) is 0 Å². The molecule has 0 amide bonds. The molecule has 2 aliphatic rings. The van der Waals surface area contributed by atoms with E-state index in [0.29, 0.717) is 6.04 Å². The van der Waals surface area contributed by atoms with Crippen LogP contribution in [0.15, 0.2) is 22.5 Å². The zero-order valence-corrected chi connectivity index (χ0v) is 13.7. The molecule has 3 rings (SSSR count). The fourth-order valence-electron chi connectivity index (χ4n) is 2.92. The fourth-order valence-corrected chi connectivity index (χ4v) is 3.78. The Kier molecular flexibility index (Phi) is 5.14. The van der Waals surface area contributed by atoms with Crippen molar-refractivity contribution in [3.05, 3.63) is 22.4 Å². The summed E-state index contributed by atoms with van der Waals surface area (Å²) in [6.45, 7) is 4.44. The van der Waals surface area contributed by atoms with Gasteiger partial charge in [0.1, 0.15) is 0 Å². The molecule has 5 heteroatoms. The minimum Gasteiger partial charge on any atom is -0.356 e. The maximum absolute atomic E-state index is 4.35. The molecule has 21 heavy (non-hydrogen) atoms. The lowest BCUT2D eigenvalue weighted by Crippen LogP contribution is -2.43. The number of nitrogens with one attached hydrogen (secondary N) is 2. The minimum absolute atomic E-state index is 0.479. The Bertz CT molecular complexity index is 447. The summed E-state index contributed by atoms with van der Waals surface area (Å²) in [5.41, 5.74) is 0. The number of rotatable bonds is 6. The average molecular weight is 306 g/mol. The first kappa shape index (κ1) is 14.9. The summed E-state index contributed by atoms with van der Waals surface area (Å²) in [7, 11) is 1.86. The third-order valence-corrected chi connectivity index (χ3v) is 5.37. The van der Waals surface area contributed by atoms with Gasteiger partial charge in [0.05, 0.1) is 6.04 Å². The maximum atomic E-state index is 4.35. The molecule has 2 fully saturated rings. The normalized spacial score (nSPS) is 21.5. The second-order valence-electron chi connectivity index (χ2n) is 6.05. The van der Waals surface area contributed by atoms with Gasteiger partial charge in [-0.15, -0.1) is 11.3 Å². The lowest BCUT2D eigenvalue weighted by atomic mass is 10.2. The maximum Gasteiger partial charge on any atom is 0.191 e. The summed E-state index contributed by atoms with van der Waals surface area (Å²) in [6.07, 6.45) is 5.40. The smallest absolute Gasteiger partial charge is 0.191 e. The van der Waals surface area contributed by atoms with Crippen molar-refractivity contribution in [2.75, 3.05) is 33.2 Å². The lowest BCUT2D eigenvalue weighted by molar-refractivity contribution is 0.249. The van der Waals surface area contributed by atoms with Gasteiger partial charge in [-0.2, -0.15) is 0 Å². The van der Waals surface area contributed by atoms with Gasteiger partial charge in [0, 0.05) is 25.0 Å². The number of guanidine groups is 1. The monoisotopic (exact) mass is 306 g/mol. The summed E-state index contributed by atoms with van der Waals surface area (Å²) in [6, 6.07) is 4.89. The molecule has 1 saturated carbocycles. The third-order valence-electron chi connectivity index (χ3n) is 4.39. The van der Waals surface area contributed by atoms with E-state index >= 15 is 0 Å². The van der Waals surface area contributed by atoms with Crippen LogP contribution in [0.3, 0.4) is 0 Å². The van der Waals surface area contributed by atoms with Crippen LogP contribution in [0.25, 0.3) is 0 Å². The van der Waals surface area contributed by atoms with Gasteiger partial charge < -0.3 is 10.6 Å². The van der Waals surface area contributed by atoms with Crippen LogP contribution in [0.5, 0.6) is 0 Å². The highest BCUT2D eigenvalue weighted by Crippen LogP contribution is 2.28. The van der Waals surface area contributed by atoms with E-state index in [4.69, 9.17) is 0 Å². The molecule has 1 saturated heterocycles. The molecule has 1 aromatic rings. The van der Waals surface area contributed by atoms with Crippen LogP contribution in [-0.2, 0) is 0 Å². The molecule has 1 atom stereocenters. The number of hydrogen-bond acceptors (Lipinski definition) is 3. The van der Waals surface area contributed by atoms with E-state index in [-0.39, 0.29) is 0 Å². The Balaban J connectivity index is 1.55. The zero-order valence-electron chi connectivity index (χ0n) is 12.8. The molecule has 2 N–H and O–H groups in total. The highest BCUT2D eigenvalue weighted by Gasteiger charge is 2.25. The van der Waals surface area contributed by atoms with Gasteiger partial charge in [-0.3, -0.25) is 9.89 Å². The Hall–Kier alpha value is -1.07. The van der Waals surface area contributed by atoms with Gasteiger partial charge >= 0.3 is 0 Å². The van der Waals surface area contributed by atoms with Gasteiger partial charge in [0.2, 0.25) is 0 Å². The first-order valence-corrected chi connectivity index (χ1v) is 8.97. The number of nitrogens with zero attached hydrogens (tertiary/aromatic N) is 2. The summed E-state index contributed by atoms with van der Waals surface area (Å²) >= 11 is 1.86. The second kappa shape index (κ2) is 7.27. The van der Waals surface area contributed by atoms with Crippen molar-refractivity contribution in [3.63, 3.8) is 0 Å². The van der Waals surface area contributed by atoms with Gasteiger partial charge in [0.15, 0.2) is 5.96 Å². The molecule has 1 aromatic heterocycles. The molecular formula is C16H26N4S. The zero-order chi connectivity index (χ0) is 14.5. The predicted molar refractivity (Wildman–Crippen MR) is 90.0 cm³/mol. The Morgan fingerprint density at radius 1 is 1.38 bits per heavy atom. The number of thiophene rings is 1. The molecule has 4 nitrogen and oxygen atoms in total. The van der Waals surface area contributed by atoms with Gasteiger partial charge in [-0.05, 0) is 56.1 Å². The molecular weight excluding hydrogens is 280 g/mol. The van der Waals surface area contributed by atoms with E-state index in [1.54, 1.807) is 0 Å². The molecule has 1 unspecified atom stereocenters. The summed E-state index contributed by atoms with van der Waals surface area (Å²) < 4.78 is 0. The average Bonchev–Trinajstić information content (AvgIpc) is 2.97. The minimum atomic E-state index is 0.479. The van der Waals surface area contributed by atoms with Crippen LogP contribution >= 0.6 is 11.3 Å². The highest BCUT2D eigenvalue weighted by atomic mass is 32.1. The van der Waals surface area contributed by atoms with Crippen molar-refractivity contribution < 1.29 is 0 Å². The lowest BCUT2D eigenvalue weighted by Gasteiger charge is -2.27. The van der Waals surface area contributed by atoms with Crippen LogP contribution in [0, 0.1) is 5.92 Å². The van der Waals surface area contributed by atoms with Crippen molar-refractivity contribution in [3.8, 4) is 0 Å². The summed E-state index contributed by atoms with van der Waals surface area (Å²) in [4.78, 5) is 8.41. The summed E-state index contributed by atoms with van der Waals surface area (Å²) in [5.74, 6) is 1.82. The summed E-state index contributed by atoms with van der Waals surface area (Å²) in [5, 5.41) is 9.15. The van der Waals surface area contributed by atoms with E-state index in [2.05, 4.69) is 38.0 Å². The number of hydrogen-bond donors (Lipinski definition) is 2. The van der Waals surface area contributed by atoms with Crippen molar-refractivity contribution >= 4 is 17.3 Å². The second-order valence-corrected chi connectivity index (χ2v) is 7.03. The van der Waals surface area contributed by atoms with Gasteiger partial charge in [0.25, 0.3) is 0 Å². The van der Waals surface area contributed by atoms with Gasteiger partial charge in [-0.25, -0.2) is 0 Å². The molecule has 0 bridgehead atoms. The highest BCUT2D eigenvalue weighted by molar-refractivity contribution is 7.10. The molecule has 0 aromatic carbocycles. The molecule has 1 aliphatic heterocycles. The van der Waals surface area contributed by atoms with Crippen molar-refractivity contribution in [2.45, 2.75) is 31.7 Å². The van der Waals surface area contributed by atoms with Crippen LogP contribution in [0.2, 0.25) is 0 Å². The fraction of sp³-hybridized carbons (Fsp3) is 0.688. The predicted octanol–water partition coefficient (Wildman–Crippen LogP) is 2.46. The Morgan fingerprint density at radius 3 is 2.81 bits per heavy atom. The van der Waals surface area contributed by atoms with E-state index in [9.17, 15) is 0 Å².